The molecule has 0 radical (unpaired) electrons. The van der Waals surface area contributed by atoms with Gasteiger partial charge in [-0.2, -0.15) is 0 Å². The van der Waals surface area contributed by atoms with Crippen LogP contribution < -0.4 is 0 Å². The fourth-order valence-electron chi connectivity index (χ4n) is 2.00. The van der Waals surface area contributed by atoms with Gasteiger partial charge in [0.25, 0.3) is 0 Å². The second-order valence-corrected chi connectivity index (χ2v) is 6.33. The summed E-state index contributed by atoms with van der Waals surface area (Å²) in [4.78, 5) is 8.67. The Morgan fingerprint density at radius 3 is 1.57 bits per heavy atom. The number of rotatable bonds is 8. The number of hydrogen-bond acceptors (Lipinski definition) is 5. The Morgan fingerprint density at radius 2 is 1.26 bits per heavy atom. The van der Waals surface area contributed by atoms with Gasteiger partial charge in [-0.15, -0.1) is 0 Å². The van der Waals surface area contributed by atoms with Gasteiger partial charge in [0.05, 0.1) is 25.3 Å². The Hall–Kier alpha value is -1.72. The number of aliphatic hydroxyl groups is 2. The second kappa shape index (κ2) is 9.43. The lowest BCUT2D eigenvalue weighted by Gasteiger charge is -2.13. The SMILES string of the molecule is CC(C)[C@@H](CO)N=Cc1cccc(C=N[C@H](CO)C(C)C)c1O. The number of para-hydroxylation sites is 1. The molecule has 3 N–H and O–H groups in total. The summed E-state index contributed by atoms with van der Waals surface area (Å²) in [5, 5.41) is 28.9. The Labute approximate surface area is 138 Å². The molecule has 0 saturated carbocycles. The lowest BCUT2D eigenvalue weighted by molar-refractivity contribution is 0.240. The van der Waals surface area contributed by atoms with Gasteiger partial charge >= 0.3 is 0 Å². The van der Waals surface area contributed by atoms with Crippen LogP contribution in [0.4, 0.5) is 0 Å². The van der Waals surface area contributed by atoms with Crippen LogP contribution in [0.5, 0.6) is 5.75 Å². The zero-order valence-corrected chi connectivity index (χ0v) is 14.3. The Morgan fingerprint density at radius 1 is 0.870 bits per heavy atom. The van der Waals surface area contributed by atoms with Crippen molar-refractivity contribution in [3.63, 3.8) is 0 Å². The van der Waals surface area contributed by atoms with Crippen LogP contribution in [-0.4, -0.2) is 53.0 Å². The van der Waals surface area contributed by atoms with Gasteiger partial charge in [-0.05, 0) is 24.0 Å². The van der Waals surface area contributed by atoms with Crippen LogP contribution in [0.15, 0.2) is 28.2 Å². The topological polar surface area (TPSA) is 85.4 Å². The normalized spacial score (nSPS) is 15.1. The van der Waals surface area contributed by atoms with Crippen LogP contribution in [0.25, 0.3) is 0 Å². The number of aromatic hydroxyl groups is 1. The Balaban J connectivity index is 2.98. The molecule has 1 aromatic carbocycles. The minimum atomic E-state index is -0.188. The molecule has 2 atom stereocenters. The van der Waals surface area contributed by atoms with Crippen molar-refractivity contribution in [1.82, 2.24) is 0 Å². The molecule has 0 saturated heterocycles. The molecular weight excluding hydrogens is 292 g/mol. The highest BCUT2D eigenvalue weighted by atomic mass is 16.3. The summed E-state index contributed by atoms with van der Waals surface area (Å²) in [6, 6.07) is 4.96. The molecule has 0 fully saturated rings. The molecule has 5 nitrogen and oxygen atoms in total. The van der Waals surface area contributed by atoms with Gasteiger partial charge in [-0.1, -0.05) is 33.8 Å². The van der Waals surface area contributed by atoms with Crippen LogP contribution >= 0.6 is 0 Å². The van der Waals surface area contributed by atoms with Gasteiger partial charge < -0.3 is 15.3 Å². The van der Waals surface area contributed by atoms with Gasteiger partial charge in [0.15, 0.2) is 0 Å². The highest BCUT2D eigenvalue weighted by Gasteiger charge is 2.11. The van der Waals surface area contributed by atoms with E-state index >= 15 is 0 Å². The van der Waals surface area contributed by atoms with Crippen molar-refractivity contribution in [2.45, 2.75) is 39.8 Å². The maximum Gasteiger partial charge on any atom is 0.133 e. The molecule has 1 rings (SSSR count). The van der Waals surface area contributed by atoms with Crippen molar-refractivity contribution in [1.29, 1.82) is 0 Å². The molecule has 0 amide bonds. The van der Waals surface area contributed by atoms with Gasteiger partial charge in [-0.3, -0.25) is 9.98 Å². The average Bonchev–Trinajstić information content (AvgIpc) is 2.50. The van der Waals surface area contributed by atoms with E-state index in [-0.39, 0.29) is 42.9 Å². The summed E-state index contributed by atoms with van der Waals surface area (Å²) in [5.74, 6) is 0.542. The van der Waals surface area contributed by atoms with Crippen molar-refractivity contribution >= 4 is 12.4 Å². The molecule has 0 aliphatic rings. The Bertz CT molecular complexity index is 495. The molecule has 0 heterocycles. The number of nitrogens with zero attached hydrogens (tertiary/aromatic N) is 2. The summed E-state index contributed by atoms with van der Waals surface area (Å²) in [5.41, 5.74) is 1.16. The van der Waals surface area contributed by atoms with Crippen molar-refractivity contribution in [3.8, 4) is 5.75 Å². The van der Waals surface area contributed by atoms with Crippen LogP contribution in [0.3, 0.4) is 0 Å². The summed E-state index contributed by atoms with van der Waals surface area (Å²) in [7, 11) is 0. The zero-order chi connectivity index (χ0) is 17.4. The van der Waals surface area contributed by atoms with Crippen molar-refractivity contribution < 1.29 is 15.3 Å². The van der Waals surface area contributed by atoms with E-state index in [4.69, 9.17) is 0 Å². The largest absolute Gasteiger partial charge is 0.507 e. The zero-order valence-electron chi connectivity index (χ0n) is 14.3. The van der Waals surface area contributed by atoms with E-state index in [1.54, 1.807) is 24.6 Å². The van der Waals surface area contributed by atoms with Gasteiger partial charge in [0, 0.05) is 23.6 Å². The molecule has 0 spiro atoms. The van der Waals surface area contributed by atoms with Gasteiger partial charge in [-0.25, -0.2) is 0 Å². The minimum Gasteiger partial charge on any atom is -0.507 e. The highest BCUT2D eigenvalue weighted by molar-refractivity contribution is 5.91. The monoisotopic (exact) mass is 320 g/mol. The number of benzene rings is 1. The first-order chi connectivity index (χ1) is 10.9. The maximum absolute atomic E-state index is 10.3. The lowest BCUT2D eigenvalue weighted by atomic mass is 10.1. The lowest BCUT2D eigenvalue weighted by Crippen LogP contribution is -2.18. The molecule has 0 unspecified atom stereocenters. The predicted octanol–water partition coefficient (Wildman–Crippen LogP) is 2.26. The van der Waals surface area contributed by atoms with E-state index in [0.29, 0.717) is 11.1 Å². The third-order valence-corrected chi connectivity index (χ3v) is 3.82. The predicted molar refractivity (Wildman–Crippen MR) is 94.7 cm³/mol. The number of phenolic OH excluding ortho intramolecular Hbond substituents is 1. The first-order valence-electron chi connectivity index (χ1n) is 8.00. The molecule has 0 aliphatic carbocycles. The van der Waals surface area contributed by atoms with Gasteiger partial charge in [0.1, 0.15) is 5.75 Å². The molecule has 0 bridgehead atoms. The van der Waals surface area contributed by atoms with Crippen LogP contribution in [-0.2, 0) is 0 Å². The summed E-state index contributed by atoms with van der Waals surface area (Å²) in [6.07, 6.45) is 3.17. The fraction of sp³-hybridized carbons (Fsp3) is 0.556. The molecule has 1 aromatic rings. The van der Waals surface area contributed by atoms with E-state index in [0.717, 1.165) is 0 Å². The highest BCUT2D eigenvalue weighted by Crippen LogP contribution is 2.20. The minimum absolute atomic E-state index is 0.0252. The average molecular weight is 320 g/mol. The second-order valence-electron chi connectivity index (χ2n) is 6.33. The third kappa shape index (κ3) is 5.77. The molecule has 23 heavy (non-hydrogen) atoms. The number of phenols is 1. The summed E-state index contributed by atoms with van der Waals surface area (Å²) < 4.78 is 0. The van der Waals surface area contributed by atoms with Crippen molar-refractivity contribution in [2.75, 3.05) is 13.2 Å². The maximum atomic E-state index is 10.3. The van der Waals surface area contributed by atoms with E-state index in [9.17, 15) is 15.3 Å². The smallest absolute Gasteiger partial charge is 0.133 e. The van der Waals surface area contributed by atoms with Crippen LogP contribution in [0.2, 0.25) is 0 Å². The van der Waals surface area contributed by atoms with E-state index < -0.39 is 0 Å². The first kappa shape index (κ1) is 19.3. The molecule has 128 valence electrons. The third-order valence-electron chi connectivity index (χ3n) is 3.82. The first-order valence-corrected chi connectivity index (χ1v) is 8.00. The van der Waals surface area contributed by atoms with Crippen LogP contribution in [0.1, 0.15) is 38.8 Å². The van der Waals surface area contributed by atoms with Crippen molar-refractivity contribution in [3.05, 3.63) is 29.3 Å². The quantitative estimate of drug-likeness (QED) is 0.642. The fourth-order valence-corrected chi connectivity index (χ4v) is 2.00. The summed E-state index contributed by atoms with van der Waals surface area (Å²) in [6.45, 7) is 7.90. The van der Waals surface area contributed by atoms with Gasteiger partial charge in [0.2, 0.25) is 0 Å². The molecule has 5 heteroatoms. The summed E-state index contributed by atoms with van der Waals surface area (Å²) >= 11 is 0. The van der Waals surface area contributed by atoms with E-state index in [1.807, 2.05) is 33.8 Å². The molecule has 0 aromatic heterocycles. The number of hydrogen-bond donors (Lipinski definition) is 3. The van der Waals surface area contributed by atoms with Crippen molar-refractivity contribution in [2.24, 2.45) is 21.8 Å². The van der Waals surface area contributed by atoms with E-state index in [2.05, 4.69) is 9.98 Å². The van der Waals surface area contributed by atoms with Crippen LogP contribution in [0, 0.1) is 11.8 Å². The molecule has 0 aliphatic heterocycles. The Kier molecular flexibility index (Phi) is 7.92. The number of aliphatic imine (C=N–C) groups is 2. The van der Waals surface area contributed by atoms with E-state index in [1.165, 1.54) is 0 Å². The standard InChI is InChI=1S/C18H28N2O3/c1-12(2)16(10-21)19-8-14-6-5-7-15(18(14)23)9-20-17(11-22)13(3)4/h5-9,12-13,16-17,21-23H,10-11H2,1-4H3/t16-,17-/m1/s1. The molecular formula is C18H28N2O3. The number of aliphatic hydroxyl groups excluding tert-OH is 2.